The first-order valence-corrected chi connectivity index (χ1v) is 10.2. The number of hydrogen-bond acceptors (Lipinski definition) is 5. The number of alkyl halides is 2. The SMILES string of the molecule is O=C(CN1C(=O)SC(=C2CCC(F)(F)CC2)C1=O)Nc1ccc(-c2cn[nH]c2)cc1. The lowest BCUT2D eigenvalue weighted by molar-refractivity contribution is -0.127. The van der Waals surface area contributed by atoms with E-state index in [1.165, 1.54) is 0 Å². The summed E-state index contributed by atoms with van der Waals surface area (Å²) in [7, 11) is 0. The van der Waals surface area contributed by atoms with Crippen LogP contribution in [0.5, 0.6) is 0 Å². The Hall–Kier alpha value is -3.01. The molecular formula is C20H18F2N4O3S. The number of imide groups is 1. The molecule has 0 unspecified atom stereocenters. The number of H-pyrrole nitrogens is 1. The molecule has 0 atom stereocenters. The third-order valence-corrected chi connectivity index (χ3v) is 6.12. The highest BCUT2D eigenvalue weighted by Crippen LogP contribution is 2.42. The minimum atomic E-state index is -2.73. The largest absolute Gasteiger partial charge is 0.325 e. The second-order valence-electron chi connectivity index (χ2n) is 7.16. The topological polar surface area (TPSA) is 95.2 Å². The molecule has 1 aliphatic heterocycles. The van der Waals surface area contributed by atoms with E-state index in [9.17, 15) is 23.2 Å². The summed E-state index contributed by atoms with van der Waals surface area (Å²) >= 11 is 0.720. The number of thioether (sulfide) groups is 1. The second-order valence-corrected chi connectivity index (χ2v) is 8.12. The van der Waals surface area contributed by atoms with Crippen LogP contribution in [-0.2, 0) is 9.59 Å². The van der Waals surface area contributed by atoms with E-state index in [0.29, 0.717) is 11.3 Å². The monoisotopic (exact) mass is 432 g/mol. The van der Waals surface area contributed by atoms with Gasteiger partial charge in [0.05, 0.1) is 11.1 Å². The van der Waals surface area contributed by atoms with E-state index in [-0.39, 0.29) is 30.6 Å². The molecule has 2 aromatic rings. The van der Waals surface area contributed by atoms with Gasteiger partial charge in [-0.15, -0.1) is 0 Å². The van der Waals surface area contributed by atoms with Gasteiger partial charge in [-0.1, -0.05) is 17.7 Å². The van der Waals surface area contributed by atoms with E-state index in [2.05, 4.69) is 15.5 Å². The highest BCUT2D eigenvalue weighted by molar-refractivity contribution is 8.18. The Morgan fingerprint density at radius 1 is 1.17 bits per heavy atom. The van der Waals surface area contributed by atoms with E-state index in [1.807, 2.05) is 12.1 Å². The molecule has 1 saturated heterocycles. The molecule has 1 aliphatic carbocycles. The van der Waals surface area contributed by atoms with Crippen molar-refractivity contribution in [2.45, 2.75) is 31.6 Å². The van der Waals surface area contributed by atoms with Gasteiger partial charge < -0.3 is 5.32 Å². The highest BCUT2D eigenvalue weighted by Gasteiger charge is 2.41. The van der Waals surface area contributed by atoms with Crippen LogP contribution in [-0.4, -0.2) is 44.6 Å². The summed E-state index contributed by atoms with van der Waals surface area (Å²) in [6, 6.07) is 7.03. The predicted octanol–water partition coefficient (Wildman–Crippen LogP) is 4.17. The van der Waals surface area contributed by atoms with Crippen LogP contribution in [0.1, 0.15) is 25.7 Å². The highest BCUT2D eigenvalue weighted by atomic mass is 32.2. The van der Waals surface area contributed by atoms with Crippen molar-refractivity contribution in [2.24, 2.45) is 0 Å². The standard InChI is InChI=1S/C20H18F2N4O3S/c21-20(22)7-5-13(6-8-20)17-18(28)26(19(29)30-17)11-16(27)25-15-3-1-12(2-4-15)14-9-23-24-10-14/h1-4,9-10H,5-8,11H2,(H,23,24)(H,25,27). The van der Waals surface area contributed by atoms with Gasteiger partial charge in [0.2, 0.25) is 11.8 Å². The van der Waals surface area contributed by atoms with Crippen LogP contribution in [0.3, 0.4) is 0 Å². The molecule has 1 aromatic carbocycles. The molecular weight excluding hydrogens is 414 g/mol. The summed E-state index contributed by atoms with van der Waals surface area (Å²) in [5.41, 5.74) is 2.91. The number of aromatic amines is 1. The molecule has 2 aliphatic rings. The quantitative estimate of drug-likeness (QED) is 0.707. The Morgan fingerprint density at radius 3 is 2.50 bits per heavy atom. The zero-order valence-electron chi connectivity index (χ0n) is 15.8. The average Bonchev–Trinajstić information content (AvgIpc) is 3.33. The summed E-state index contributed by atoms with van der Waals surface area (Å²) in [5, 5.41) is 8.69. The van der Waals surface area contributed by atoms with E-state index in [4.69, 9.17) is 0 Å². The molecule has 3 amide bonds. The summed E-state index contributed by atoms with van der Waals surface area (Å²) in [6.07, 6.45) is 2.92. The third kappa shape index (κ3) is 4.28. The average molecular weight is 432 g/mol. The van der Waals surface area contributed by atoms with Gasteiger partial charge >= 0.3 is 0 Å². The van der Waals surface area contributed by atoms with Gasteiger partial charge in [0.1, 0.15) is 6.54 Å². The molecule has 0 radical (unpaired) electrons. The maximum Gasteiger partial charge on any atom is 0.294 e. The number of rotatable bonds is 4. The number of benzene rings is 1. The Bertz CT molecular complexity index is 1010. The molecule has 2 N–H and O–H groups in total. The first-order valence-electron chi connectivity index (χ1n) is 9.35. The normalized spacial score (nSPS) is 18.8. The lowest BCUT2D eigenvalue weighted by atomic mass is 9.91. The molecule has 0 spiro atoms. The van der Waals surface area contributed by atoms with Crippen molar-refractivity contribution in [2.75, 3.05) is 11.9 Å². The lowest BCUT2D eigenvalue weighted by Gasteiger charge is -2.24. The van der Waals surface area contributed by atoms with Gasteiger partial charge in [-0.05, 0) is 42.3 Å². The van der Waals surface area contributed by atoms with E-state index >= 15 is 0 Å². The number of carbonyl (C=O) groups is 3. The van der Waals surface area contributed by atoms with Crippen LogP contribution >= 0.6 is 11.8 Å². The zero-order chi connectivity index (χ0) is 21.3. The van der Waals surface area contributed by atoms with Crippen molar-refractivity contribution < 1.29 is 23.2 Å². The van der Waals surface area contributed by atoms with Crippen LogP contribution in [0.25, 0.3) is 11.1 Å². The number of aromatic nitrogens is 2. The van der Waals surface area contributed by atoms with Crippen LogP contribution in [0.2, 0.25) is 0 Å². The van der Waals surface area contributed by atoms with E-state index in [0.717, 1.165) is 27.8 Å². The van der Waals surface area contributed by atoms with E-state index in [1.54, 1.807) is 24.5 Å². The molecule has 30 heavy (non-hydrogen) atoms. The molecule has 2 heterocycles. The minimum absolute atomic E-state index is 0.0808. The number of allylic oxidation sites excluding steroid dienone is 1. The van der Waals surface area contributed by atoms with Crippen LogP contribution in [0.4, 0.5) is 19.3 Å². The first-order chi connectivity index (χ1) is 14.3. The minimum Gasteiger partial charge on any atom is -0.325 e. The number of nitrogens with one attached hydrogen (secondary N) is 2. The van der Waals surface area contributed by atoms with E-state index < -0.39 is 29.5 Å². The zero-order valence-corrected chi connectivity index (χ0v) is 16.6. The van der Waals surface area contributed by atoms with Gasteiger partial charge in [0, 0.05) is 30.3 Å². The van der Waals surface area contributed by atoms with Crippen molar-refractivity contribution in [1.29, 1.82) is 0 Å². The first kappa shape index (κ1) is 20.3. The van der Waals surface area contributed by atoms with Gasteiger partial charge in [0.25, 0.3) is 11.1 Å². The summed E-state index contributed by atoms with van der Waals surface area (Å²) in [5.74, 6) is -3.84. The summed E-state index contributed by atoms with van der Waals surface area (Å²) in [6.45, 7) is -0.429. The summed E-state index contributed by atoms with van der Waals surface area (Å²) < 4.78 is 26.7. The van der Waals surface area contributed by atoms with Crippen molar-refractivity contribution in [3.8, 4) is 11.1 Å². The fraction of sp³-hybridized carbons (Fsp3) is 0.300. The number of halogens is 2. The second kappa shape index (κ2) is 8.02. The fourth-order valence-electron chi connectivity index (χ4n) is 3.39. The van der Waals surface area contributed by atoms with Crippen molar-refractivity contribution in [3.05, 3.63) is 47.1 Å². The Kier molecular flexibility index (Phi) is 5.42. The number of anilines is 1. The molecule has 2 fully saturated rings. The van der Waals surface area contributed by atoms with Gasteiger partial charge in [-0.3, -0.25) is 24.4 Å². The van der Waals surface area contributed by atoms with Crippen LogP contribution < -0.4 is 5.32 Å². The molecule has 1 saturated carbocycles. The van der Waals surface area contributed by atoms with Gasteiger partial charge in [-0.2, -0.15) is 5.10 Å². The molecule has 156 valence electrons. The van der Waals surface area contributed by atoms with Gasteiger partial charge in [-0.25, -0.2) is 8.78 Å². The molecule has 10 heteroatoms. The smallest absolute Gasteiger partial charge is 0.294 e. The van der Waals surface area contributed by atoms with Crippen molar-refractivity contribution in [1.82, 2.24) is 15.1 Å². The number of nitrogens with zero attached hydrogens (tertiary/aromatic N) is 2. The number of carbonyl (C=O) groups excluding carboxylic acids is 3. The number of amides is 3. The molecule has 1 aromatic heterocycles. The molecule has 4 rings (SSSR count). The summed E-state index contributed by atoms with van der Waals surface area (Å²) in [4.78, 5) is 38.2. The van der Waals surface area contributed by atoms with Gasteiger partial charge in [0.15, 0.2) is 0 Å². The Balaban J connectivity index is 1.38. The Labute approximate surface area is 174 Å². The van der Waals surface area contributed by atoms with Crippen LogP contribution in [0, 0.1) is 0 Å². The van der Waals surface area contributed by atoms with Crippen molar-refractivity contribution in [3.63, 3.8) is 0 Å². The lowest BCUT2D eigenvalue weighted by Crippen LogP contribution is -2.36. The fourth-order valence-corrected chi connectivity index (χ4v) is 4.37. The predicted molar refractivity (Wildman–Crippen MR) is 108 cm³/mol. The molecule has 0 bridgehead atoms. The van der Waals surface area contributed by atoms with Crippen LogP contribution in [0.15, 0.2) is 47.1 Å². The van der Waals surface area contributed by atoms with Crippen molar-refractivity contribution >= 4 is 34.5 Å². The maximum atomic E-state index is 13.3. The maximum absolute atomic E-state index is 13.3. The number of hydrogen-bond donors (Lipinski definition) is 2. The third-order valence-electron chi connectivity index (χ3n) is 5.06. The Morgan fingerprint density at radius 2 is 1.87 bits per heavy atom. The molecule has 7 nitrogen and oxygen atoms in total.